The Labute approximate surface area is 103 Å². The van der Waals surface area contributed by atoms with Crippen LogP contribution in [0.1, 0.15) is 11.9 Å². The molecule has 1 aliphatic heterocycles. The fraction of sp³-hybridized carbons (Fsp3) is 0.400. The minimum atomic E-state index is -3.04. The smallest absolute Gasteiger partial charge is 0.203 e. The van der Waals surface area contributed by atoms with Gasteiger partial charge in [0.1, 0.15) is 0 Å². The third-order valence-corrected chi connectivity index (χ3v) is 4.64. The third kappa shape index (κ3) is 1.83. The van der Waals surface area contributed by atoms with Crippen LogP contribution in [-0.2, 0) is 9.84 Å². The molecule has 0 amide bonds. The molecule has 0 aliphatic carbocycles. The highest BCUT2D eigenvalue weighted by Crippen LogP contribution is 2.21. The number of pyridine rings is 1. The summed E-state index contributed by atoms with van der Waals surface area (Å²) in [6, 6.07) is 2.78. The fourth-order valence-corrected chi connectivity index (χ4v) is 3.48. The van der Waals surface area contributed by atoms with Gasteiger partial charge in [-0.3, -0.25) is 4.40 Å². The zero-order valence-corrected chi connectivity index (χ0v) is 10.3. The zero-order chi connectivity index (χ0) is 12.8. The molecule has 2 aromatic rings. The van der Waals surface area contributed by atoms with Crippen LogP contribution in [0.15, 0.2) is 18.3 Å². The maximum absolute atomic E-state index is 11.6. The van der Waals surface area contributed by atoms with Gasteiger partial charge in [-0.1, -0.05) is 0 Å². The molecule has 18 heavy (non-hydrogen) atoms. The fourth-order valence-electron chi connectivity index (χ4n) is 2.11. The molecule has 0 radical (unpaired) electrons. The molecule has 8 heteroatoms. The molecule has 1 atom stereocenters. The lowest BCUT2D eigenvalue weighted by atomic mass is 10.3. The highest BCUT2D eigenvalue weighted by molar-refractivity contribution is 7.91. The maximum Gasteiger partial charge on any atom is 0.203 e. The molecular formula is C10H12N4O3S. The van der Waals surface area contributed by atoms with E-state index in [9.17, 15) is 13.5 Å². The first-order chi connectivity index (χ1) is 8.57. The van der Waals surface area contributed by atoms with Crippen LogP contribution >= 0.6 is 0 Å². The highest BCUT2D eigenvalue weighted by Gasteiger charge is 2.29. The Morgan fingerprint density at radius 1 is 1.44 bits per heavy atom. The molecule has 1 fully saturated rings. The number of hydrogen-bond donors (Lipinski definition) is 2. The van der Waals surface area contributed by atoms with E-state index < -0.39 is 9.84 Å². The Hall–Kier alpha value is -1.67. The number of rotatable bonds is 1. The number of sulfone groups is 1. The maximum atomic E-state index is 11.6. The van der Waals surface area contributed by atoms with Crippen molar-refractivity contribution in [2.45, 2.75) is 6.04 Å². The SMILES string of the molecule is O=S1(=O)CCNC(c2nnc3c(O)cccn23)C1. The lowest BCUT2D eigenvalue weighted by Crippen LogP contribution is -2.40. The molecule has 1 aliphatic rings. The molecule has 1 unspecified atom stereocenters. The second-order valence-corrected chi connectivity index (χ2v) is 6.50. The average molecular weight is 268 g/mol. The van der Waals surface area contributed by atoms with Crippen molar-refractivity contribution in [3.63, 3.8) is 0 Å². The van der Waals surface area contributed by atoms with Gasteiger partial charge in [-0.25, -0.2) is 8.42 Å². The van der Waals surface area contributed by atoms with Gasteiger partial charge in [0.05, 0.1) is 17.5 Å². The number of nitrogens with zero attached hydrogens (tertiary/aromatic N) is 3. The van der Waals surface area contributed by atoms with Gasteiger partial charge in [-0.05, 0) is 12.1 Å². The molecular weight excluding hydrogens is 256 g/mol. The Bertz CT molecular complexity index is 694. The summed E-state index contributed by atoms with van der Waals surface area (Å²) >= 11 is 0. The van der Waals surface area contributed by atoms with E-state index in [1.807, 2.05) is 0 Å². The Kier molecular flexibility index (Phi) is 2.49. The molecule has 0 aromatic carbocycles. The molecule has 96 valence electrons. The molecule has 3 heterocycles. The number of fused-ring (bicyclic) bond motifs is 1. The molecule has 0 spiro atoms. The highest BCUT2D eigenvalue weighted by atomic mass is 32.2. The van der Waals surface area contributed by atoms with Crippen molar-refractivity contribution in [3.05, 3.63) is 24.2 Å². The van der Waals surface area contributed by atoms with Crippen LogP contribution < -0.4 is 5.32 Å². The normalized spacial score (nSPS) is 23.2. The van der Waals surface area contributed by atoms with E-state index in [1.54, 1.807) is 16.7 Å². The summed E-state index contributed by atoms with van der Waals surface area (Å²) in [4.78, 5) is 0. The van der Waals surface area contributed by atoms with Crippen LogP contribution in [-0.4, -0.2) is 46.2 Å². The minimum Gasteiger partial charge on any atom is -0.504 e. The summed E-state index contributed by atoms with van der Waals surface area (Å²) in [5.41, 5.74) is 0.331. The molecule has 7 nitrogen and oxygen atoms in total. The number of aromatic hydroxyl groups is 1. The second-order valence-electron chi connectivity index (χ2n) is 4.27. The zero-order valence-electron chi connectivity index (χ0n) is 9.44. The number of nitrogens with one attached hydrogen (secondary N) is 1. The van der Waals surface area contributed by atoms with Crippen LogP contribution in [0.3, 0.4) is 0 Å². The molecule has 2 aromatic heterocycles. The van der Waals surface area contributed by atoms with Crippen LogP contribution in [0.4, 0.5) is 0 Å². The van der Waals surface area contributed by atoms with Gasteiger partial charge in [-0.15, -0.1) is 10.2 Å². The molecule has 2 N–H and O–H groups in total. The summed E-state index contributed by atoms with van der Waals surface area (Å²) in [6.07, 6.45) is 1.70. The van der Waals surface area contributed by atoms with Gasteiger partial charge in [-0.2, -0.15) is 0 Å². The van der Waals surface area contributed by atoms with Gasteiger partial charge < -0.3 is 10.4 Å². The first-order valence-electron chi connectivity index (χ1n) is 5.53. The first kappa shape index (κ1) is 11.4. The Balaban J connectivity index is 2.07. The summed E-state index contributed by atoms with van der Waals surface area (Å²) < 4.78 is 24.8. The van der Waals surface area contributed by atoms with Gasteiger partial charge in [0.2, 0.25) is 5.65 Å². The molecule has 0 bridgehead atoms. The van der Waals surface area contributed by atoms with Crippen molar-refractivity contribution in [1.29, 1.82) is 0 Å². The first-order valence-corrected chi connectivity index (χ1v) is 7.35. The Morgan fingerprint density at radius 2 is 2.28 bits per heavy atom. The summed E-state index contributed by atoms with van der Waals surface area (Å²) in [5, 5.41) is 20.6. The van der Waals surface area contributed by atoms with Crippen molar-refractivity contribution in [1.82, 2.24) is 19.9 Å². The van der Waals surface area contributed by atoms with Gasteiger partial charge in [0.25, 0.3) is 0 Å². The molecule has 1 saturated heterocycles. The molecule has 3 rings (SSSR count). The second kappa shape index (κ2) is 3.92. The van der Waals surface area contributed by atoms with Crippen LogP contribution in [0.2, 0.25) is 0 Å². The summed E-state index contributed by atoms with van der Waals surface area (Å²) in [5.74, 6) is 0.675. The van der Waals surface area contributed by atoms with E-state index >= 15 is 0 Å². The number of aromatic nitrogens is 3. The van der Waals surface area contributed by atoms with Gasteiger partial charge in [0, 0.05) is 12.7 Å². The van der Waals surface area contributed by atoms with E-state index in [1.165, 1.54) is 6.07 Å². The summed E-state index contributed by atoms with van der Waals surface area (Å²) in [6.45, 7) is 0.404. The van der Waals surface area contributed by atoms with E-state index in [-0.39, 0.29) is 23.3 Å². The largest absolute Gasteiger partial charge is 0.504 e. The van der Waals surface area contributed by atoms with E-state index in [0.717, 1.165) is 0 Å². The van der Waals surface area contributed by atoms with E-state index in [0.29, 0.717) is 18.0 Å². The third-order valence-electron chi connectivity index (χ3n) is 2.98. The van der Waals surface area contributed by atoms with Gasteiger partial charge in [0.15, 0.2) is 21.4 Å². The van der Waals surface area contributed by atoms with Crippen LogP contribution in [0.25, 0.3) is 5.65 Å². The standard InChI is InChI=1S/C10H12N4O3S/c15-8-2-1-4-14-9(12-13-10(8)14)7-6-18(16,17)5-3-11-7/h1-2,4,7,11,15H,3,5-6H2. The predicted molar refractivity (Wildman–Crippen MR) is 64.0 cm³/mol. The lowest BCUT2D eigenvalue weighted by molar-refractivity contribution is 0.476. The van der Waals surface area contributed by atoms with E-state index in [4.69, 9.17) is 0 Å². The number of hydrogen-bond acceptors (Lipinski definition) is 6. The van der Waals surface area contributed by atoms with Crippen LogP contribution in [0, 0.1) is 0 Å². The van der Waals surface area contributed by atoms with E-state index in [2.05, 4.69) is 15.5 Å². The Morgan fingerprint density at radius 3 is 3.06 bits per heavy atom. The van der Waals surface area contributed by atoms with Gasteiger partial charge >= 0.3 is 0 Å². The van der Waals surface area contributed by atoms with Crippen molar-refractivity contribution < 1.29 is 13.5 Å². The van der Waals surface area contributed by atoms with Crippen molar-refractivity contribution in [3.8, 4) is 5.75 Å². The predicted octanol–water partition coefficient (Wildman–Crippen LogP) is -0.506. The topological polar surface area (TPSA) is 96.6 Å². The monoisotopic (exact) mass is 268 g/mol. The van der Waals surface area contributed by atoms with Crippen molar-refractivity contribution >= 4 is 15.5 Å². The van der Waals surface area contributed by atoms with Crippen molar-refractivity contribution in [2.75, 3.05) is 18.1 Å². The van der Waals surface area contributed by atoms with Crippen LogP contribution in [0.5, 0.6) is 5.75 Å². The van der Waals surface area contributed by atoms with Crippen molar-refractivity contribution in [2.24, 2.45) is 0 Å². The molecule has 0 saturated carbocycles. The lowest BCUT2D eigenvalue weighted by Gasteiger charge is -2.22. The summed E-state index contributed by atoms with van der Waals surface area (Å²) in [7, 11) is -3.04. The average Bonchev–Trinajstić information content (AvgIpc) is 2.73. The minimum absolute atomic E-state index is 0.00342. The quantitative estimate of drug-likeness (QED) is 0.723.